The van der Waals surface area contributed by atoms with Crippen molar-refractivity contribution in [2.45, 2.75) is 24.3 Å². The van der Waals surface area contributed by atoms with Gasteiger partial charge in [0.25, 0.3) is 0 Å². The maximum absolute atomic E-state index is 11.4. The van der Waals surface area contributed by atoms with Gasteiger partial charge in [-0.3, -0.25) is 9.59 Å². The SMILES string of the molecule is COC(=O)[C@H]1[C@H]2C(=O)O[C@@H]1CC[C@H]2Cl. The summed E-state index contributed by atoms with van der Waals surface area (Å²) in [6.45, 7) is 0. The number of hydrogen-bond acceptors (Lipinski definition) is 4. The molecule has 1 saturated carbocycles. The number of ether oxygens (including phenoxy) is 2. The summed E-state index contributed by atoms with van der Waals surface area (Å²) >= 11 is 5.99. The van der Waals surface area contributed by atoms with Crippen LogP contribution < -0.4 is 0 Å². The summed E-state index contributed by atoms with van der Waals surface area (Å²) in [5.41, 5.74) is 0. The molecule has 14 heavy (non-hydrogen) atoms. The van der Waals surface area contributed by atoms with Gasteiger partial charge in [0, 0.05) is 5.38 Å². The van der Waals surface area contributed by atoms with E-state index in [1.54, 1.807) is 0 Å². The zero-order chi connectivity index (χ0) is 10.3. The molecule has 78 valence electrons. The van der Waals surface area contributed by atoms with Crippen molar-refractivity contribution in [2.75, 3.05) is 7.11 Å². The first-order chi connectivity index (χ1) is 6.65. The summed E-state index contributed by atoms with van der Waals surface area (Å²) < 4.78 is 9.70. The Morgan fingerprint density at radius 3 is 2.93 bits per heavy atom. The van der Waals surface area contributed by atoms with E-state index in [9.17, 15) is 9.59 Å². The van der Waals surface area contributed by atoms with Gasteiger partial charge >= 0.3 is 11.9 Å². The molecule has 2 fully saturated rings. The largest absolute Gasteiger partial charge is 0.469 e. The third-order valence-electron chi connectivity index (χ3n) is 2.92. The Balaban J connectivity index is 2.25. The average molecular weight is 219 g/mol. The maximum Gasteiger partial charge on any atom is 0.313 e. The van der Waals surface area contributed by atoms with Crippen LogP contribution in [0.25, 0.3) is 0 Å². The van der Waals surface area contributed by atoms with Gasteiger partial charge in [0.05, 0.1) is 13.0 Å². The molecule has 0 aromatic carbocycles. The maximum atomic E-state index is 11.4. The zero-order valence-corrected chi connectivity index (χ0v) is 8.49. The molecule has 5 heteroatoms. The highest BCUT2D eigenvalue weighted by molar-refractivity contribution is 6.22. The molecule has 0 aromatic rings. The number of esters is 2. The van der Waals surface area contributed by atoms with Crippen molar-refractivity contribution < 1.29 is 19.1 Å². The molecule has 1 heterocycles. The number of halogens is 1. The molecule has 0 spiro atoms. The van der Waals surface area contributed by atoms with Gasteiger partial charge in [0.1, 0.15) is 12.0 Å². The second-order valence-corrected chi connectivity index (χ2v) is 4.20. The van der Waals surface area contributed by atoms with Crippen LogP contribution in [-0.2, 0) is 19.1 Å². The normalized spacial score (nSPS) is 40.6. The average Bonchev–Trinajstić information content (AvgIpc) is 2.43. The highest BCUT2D eigenvalue weighted by atomic mass is 35.5. The van der Waals surface area contributed by atoms with Crippen LogP contribution in [0.1, 0.15) is 12.8 Å². The van der Waals surface area contributed by atoms with Crippen LogP contribution in [0.4, 0.5) is 0 Å². The highest BCUT2D eigenvalue weighted by Crippen LogP contribution is 2.42. The van der Waals surface area contributed by atoms with Gasteiger partial charge in [-0.25, -0.2) is 0 Å². The number of methoxy groups -OCH3 is 1. The van der Waals surface area contributed by atoms with Gasteiger partial charge in [-0.1, -0.05) is 0 Å². The standard InChI is InChI=1S/C9H11ClO4/c1-13-8(11)7-5-3-2-4(10)6(7)9(12)14-5/h4-7H,2-3H2,1H3/t4-,5-,6+,7-/m1/s1. The topological polar surface area (TPSA) is 52.6 Å². The number of alkyl halides is 1. The lowest BCUT2D eigenvalue weighted by molar-refractivity contribution is -0.149. The minimum Gasteiger partial charge on any atom is -0.469 e. The number of carbonyl (C=O) groups excluding carboxylic acids is 2. The van der Waals surface area contributed by atoms with E-state index in [-0.39, 0.29) is 17.5 Å². The summed E-state index contributed by atoms with van der Waals surface area (Å²) in [6.07, 6.45) is 1.04. The minimum absolute atomic E-state index is 0.301. The summed E-state index contributed by atoms with van der Waals surface area (Å²) in [4.78, 5) is 22.8. The predicted octanol–water partition coefficient (Wildman–Crippen LogP) is 0.718. The van der Waals surface area contributed by atoms with Gasteiger partial charge in [-0.05, 0) is 12.8 Å². The predicted molar refractivity (Wildman–Crippen MR) is 47.8 cm³/mol. The van der Waals surface area contributed by atoms with Gasteiger partial charge in [-0.2, -0.15) is 0 Å². The molecule has 4 nitrogen and oxygen atoms in total. The molecule has 1 saturated heterocycles. The van der Waals surface area contributed by atoms with Gasteiger partial charge in [0.15, 0.2) is 0 Å². The van der Waals surface area contributed by atoms with E-state index < -0.39 is 17.8 Å². The molecule has 1 aliphatic carbocycles. The Kier molecular flexibility index (Phi) is 2.39. The van der Waals surface area contributed by atoms with E-state index in [0.717, 1.165) is 6.42 Å². The second-order valence-electron chi connectivity index (χ2n) is 3.64. The lowest BCUT2D eigenvalue weighted by Crippen LogP contribution is -2.39. The molecule has 1 aliphatic heterocycles. The van der Waals surface area contributed by atoms with E-state index in [0.29, 0.717) is 6.42 Å². The van der Waals surface area contributed by atoms with Gasteiger partial charge < -0.3 is 9.47 Å². The zero-order valence-electron chi connectivity index (χ0n) is 7.73. The first-order valence-corrected chi connectivity index (χ1v) is 5.01. The van der Waals surface area contributed by atoms with Crippen molar-refractivity contribution in [3.05, 3.63) is 0 Å². The van der Waals surface area contributed by atoms with Crippen molar-refractivity contribution in [2.24, 2.45) is 11.8 Å². The fourth-order valence-corrected chi connectivity index (χ4v) is 2.61. The van der Waals surface area contributed by atoms with E-state index >= 15 is 0 Å². The Labute approximate surface area is 86.5 Å². The Bertz CT molecular complexity index is 278. The van der Waals surface area contributed by atoms with Crippen molar-refractivity contribution in [1.82, 2.24) is 0 Å². The van der Waals surface area contributed by atoms with E-state index in [1.807, 2.05) is 0 Å². The molecule has 0 unspecified atom stereocenters. The number of rotatable bonds is 1. The molecule has 0 aromatic heterocycles. The molecule has 2 rings (SSSR count). The number of carbonyl (C=O) groups is 2. The van der Waals surface area contributed by atoms with Crippen LogP contribution in [0, 0.1) is 11.8 Å². The molecular weight excluding hydrogens is 208 g/mol. The molecule has 2 aliphatic rings. The molecule has 0 N–H and O–H groups in total. The van der Waals surface area contributed by atoms with Crippen molar-refractivity contribution in [3.8, 4) is 0 Å². The van der Waals surface area contributed by atoms with Crippen molar-refractivity contribution in [1.29, 1.82) is 0 Å². The fourth-order valence-electron chi connectivity index (χ4n) is 2.23. The minimum atomic E-state index is -0.511. The van der Waals surface area contributed by atoms with Gasteiger partial charge in [0.2, 0.25) is 0 Å². The summed E-state index contributed by atoms with van der Waals surface area (Å²) in [5.74, 6) is -1.76. The number of hydrogen-bond donors (Lipinski definition) is 0. The quantitative estimate of drug-likeness (QED) is 0.481. The Hall–Kier alpha value is -0.770. The van der Waals surface area contributed by atoms with Crippen LogP contribution in [0.15, 0.2) is 0 Å². The highest BCUT2D eigenvalue weighted by Gasteiger charge is 2.55. The van der Waals surface area contributed by atoms with Crippen LogP contribution in [0.2, 0.25) is 0 Å². The monoisotopic (exact) mass is 218 g/mol. The lowest BCUT2D eigenvalue weighted by Gasteiger charge is -2.26. The molecule has 4 atom stereocenters. The third-order valence-corrected chi connectivity index (χ3v) is 3.41. The first kappa shape index (κ1) is 9.77. The van der Waals surface area contributed by atoms with Crippen LogP contribution >= 0.6 is 11.6 Å². The molecular formula is C9H11ClO4. The second kappa shape index (κ2) is 3.42. The smallest absolute Gasteiger partial charge is 0.313 e. The molecule has 0 radical (unpaired) electrons. The number of fused-ring (bicyclic) bond motifs is 2. The Morgan fingerprint density at radius 2 is 2.29 bits per heavy atom. The summed E-state index contributed by atoms with van der Waals surface area (Å²) in [5, 5.41) is -0.301. The Morgan fingerprint density at radius 1 is 1.57 bits per heavy atom. The first-order valence-electron chi connectivity index (χ1n) is 4.57. The summed E-state index contributed by atoms with van der Waals surface area (Å²) in [7, 11) is 1.31. The molecule has 0 amide bonds. The van der Waals surface area contributed by atoms with E-state index in [2.05, 4.69) is 4.74 Å². The fraction of sp³-hybridized carbons (Fsp3) is 0.778. The van der Waals surface area contributed by atoms with Crippen LogP contribution in [0.5, 0.6) is 0 Å². The van der Waals surface area contributed by atoms with E-state index in [1.165, 1.54) is 7.11 Å². The van der Waals surface area contributed by atoms with Gasteiger partial charge in [-0.15, -0.1) is 11.6 Å². The van der Waals surface area contributed by atoms with Crippen molar-refractivity contribution >= 4 is 23.5 Å². The molecule has 2 bridgehead atoms. The third kappa shape index (κ3) is 1.29. The lowest BCUT2D eigenvalue weighted by atomic mass is 9.79. The summed E-state index contributed by atoms with van der Waals surface area (Å²) in [6, 6.07) is 0. The van der Waals surface area contributed by atoms with E-state index in [4.69, 9.17) is 16.3 Å². The van der Waals surface area contributed by atoms with Crippen LogP contribution in [0.3, 0.4) is 0 Å². The van der Waals surface area contributed by atoms with Crippen LogP contribution in [-0.4, -0.2) is 30.5 Å². The van der Waals surface area contributed by atoms with Crippen molar-refractivity contribution in [3.63, 3.8) is 0 Å².